The highest BCUT2D eigenvalue weighted by atomic mass is 32.2. The van der Waals surface area contributed by atoms with Gasteiger partial charge in [-0.15, -0.1) is 0 Å². The summed E-state index contributed by atoms with van der Waals surface area (Å²) in [6.07, 6.45) is 6.08. The average molecular weight is 272 g/mol. The van der Waals surface area contributed by atoms with Crippen LogP contribution in [0.1, 0.15) is 32.1 Å². The lowest BCUT2D eigenvalue weighted by Crippen LogP contribution is -2.40. The molecule has 0 radical (unpaired) electrons. The van der Waals surface area contributed by atoms with Gasteiger partial charge in [-0.25, -0.2) is 12.7 Å². The predicted octanol–water partition coefficient (Wildman–Crippen LogP) is 1.05. The SMILES string of the molecule is CN(CC1CC2CCC1C2)S(=O)(=O)C1CCNC1. The Balaban J connectivity index is 1.62. The molecule has 4 nitrogen and oxygen atoms in total. The molecule has 1 saturated heterocycles. The number of hydrogen-bond donors (Lipinski definition) is 1. The van der Waals surface area contributed by atoms with Crippen LogP contribution < -0.4 is 5.32 Å². The molecule has 2 aliphatic carbocycles. The van der Waals surface area contributed by atoms with Crippen molar-refractivity contribution in [1.82, 2.24) is 9.62 Å². The summed E-state index contributed by atoms with van der Waals surface area (Å²) < 4.78 is 26.5. The molecule has 1 aliphatic heterocycles. The third-order valence-electron chi connectivity index (χ3n) is 5.25. The van der Waals surface area contributed by atoms with Gasteiger partial charge >= 0.3 is 0 Å². The fraction of sp³-hybridized carbons (Fsp3) is 1.00. The summed E-state index contributed by atoms with van der Waals surface area (Å²) in [4.78, 5) is 0. The highest BCUT2D eigenvalue weighted by Crippen LogP contribution is 2.48. The molecule has 1 heterocycles. The van der Waals surface area contributed by atoms with E-state index in [9.17, 15) is 8.42 Å². The minimum Gasteiger partial charge on any atom is -0.315 e. The normalized spacial score (nSPS) is 39.9. The minimum absolute atomic E-state index is 0.193. The van der Waals surface area contributed by atoms with Crippen LogP contribution in [0.2, 0.25) is 0 Å². The van der Waals surface area contributed by atoms with Crippen LogP contribution in [0.4, 0.5) is 0 Å². The zero-order chi connectivity index (χ0) is 12.8. The molecule has 3 rings (SSSR count). The van der Waals surface area contributed by atoms with Crippen LogP contribution in [-0.2, 0) is 10.0 Å². The molecular weight excluding hydrogens is 248 g/mol. The highest BCUT2D eigenvalue weighted by molar-refractivity contribution is 7.89. The van der Waals surface area contributed by atoms with E-state index in [1.165, 1.54) is 25.7 Å². The van der Waals surface area contributed by atoms with Crippen LogP contribution in [0.3, 0.4) is 0 Å². The van der Waals surface area contributed by atoms with Gasteiger partial charge in [0.05, 0.1) is 5.25 Å². The van der Waals surface area contributed by atoms with E-state index in [-0.39, 0.29) is 5.25 Å². The van der Waals surface area contributed by atoms with Crippen molar-refractivity contribution in [3.63, 3.8) is 0 Å². The van der Waals surface area contributed by atoms with E-state index in [4.69, 9.17) is 0 Å². The molecule has 4 atom stereocenters. The molecule has 0 aromatic rings. The summed E-state index contributed by atoms with van der Waals surface area (Å²) in [6, 6.07) is 0. The van der Waals surface area contributed by atoms with Crippen LogP contribution >= 0.6 is 0 Å². The molecule has 0 amide bonds. The van der Waals surface area contributed by atoms with Crippen molar-refractivity contribution in [3.8, 4) is 0 Å². The van der Waals surface area contributed by atoms with Gasteiger partial charge in [0.1, 0.15) is 0 Å². The van der Waals surface area contributed by atoms with E-state index in [2.05, 4.69) is 5.32 Å². The maximum atomic E-state index is 12.4. The Morgan fingerprint density at radius 1 is 1.22 bits per heavy atom. The Kier molecular flexibility index (Phi) is 3.41. The van der Waals surface area contributed by atoms with Crippen molar-refractivity contribution in [2.24, 2.45) is 17.8 Å². The lowest BCUT2D eigenvalue weighted by atomic mass is 9.89. The van der Waals surface area contributed by atoms with Crippen molar-refractivity contribution in [2.75, 3.05) is 26.7 Å². The second-order valence-electron chi connectivity index (χ2n) is 6.38. The zero-order valence-corrected chi connectivity index (χ0v) is 12.0. The van der Waals surface area contributed by atoms with Crippen molar-refractivity contribution in [3.05, 3.63) is 0 Å². The Morgan fingerprint density at radius 2 is 2.06 bits per heavy atom. The van der Waals surface area contributed by atoms with Gasteiger partial charge in [0.25, 0.3) is 0 Å². The fourth-order valence-electron chi connectivity index (χ4n) is 4.17. The first-order chi connectivity index (χ1) is 8.57. The Bertz CT molecular complexity index is 403. The van der Waals surface area contributed by atoms with E-state index < -0.39 is 10.0 Å². The van der Waals surface area contributed by atoms with Crippen LogP contribution in [0.15, 0.2) is 0 Å². The topological polar surface area (TPSA) is 49.4 Å². The molecule has 3 aliphatic rings. The van der Waals surface area contributed by atoms with Crippen molar-refractivity contribution in [1.29, 1.82) is 0 Å². The number of rotatable bonds is 4. The summed E-state index contributed by atoms with van der Waals surface area (Å²) in [5.41, 5.74) is 0. The average Bonchev–Trinajstić information content (AvgIpc) is 3.06. The Labute approximate surface area is 110 Å². The summed E-state index contributed by atoms with van der Waals surface area (Å²) in [6.45, 7) is 2.22. The van der Waals surface area contributed by atoms with Gasteiger partial charge in [-0.1, -0.05) is 6.42 Å². The number of hydrogen-bond acceptors (Lipinski definition) is 3. The summed E-state index contributed by atoms with van der Waals surface area (Å²) in [7, 11) is -1.29. The van der Waals surface area contributed by atoms with E-state index in [0.717, 1.165) is 31.3 Å². The standard InChI is InChI=1S/C13H24N2O2S/c1-15(18(16,17)13-4-5-14-8-13)9-12-7-10-2-3-11(12)6-10/h10-14H,2-9H2,1H3. The molecule has 3 fully saturated rings. The maximum absolute atomic E-state index is 12.4. The third kappa shape index (κ3) is 2.21. The first-order valence-electron chi connectivity index (χ1n) is 7.23. The number of nitrogens with zero attached hydrogens (tertiary/aromatic N) is 1. The second-order valence-corrected chi connectivity index (χ2v) is 8.70. The maximum Gasteiger partial charge on any atom is 0.218 e. The van der Waals surface area contributed by atoms with E-state index in [0.29, 0.717) is 12.5 Å². The molecular formula is C13H24N2O2S. The number of sulfonamides is 1. The zero-order valence-electron chi connectivity index (χ0n) is 11.1. The molecule has 18 heavy (non-hydrogen) atoms. The summed E-state index contributed by atoms with van der Waals surface area (Å²) in [5, 5.41) is 2.95. The predicted molar refractivity (Wildman–Crippen MR) is 71.8 cm³/mol. The number of nitrogens with one attached hydrogen (secondary N) is 1. The Morgan fingerprint density at radius 3 is 2.61 bits per heavy atom. The van der Waals surface area contributed by atoms with Crippen molar-refractivity contribution in [2.45, 2.75) is 37.4 Å². The molecule has 1 N–H and O–H groups in total. The second kappa shape index (κ2) is 4.76. The monoisotopic (exact) mass is 272 g/mol. The Hall–Kier alpha value is -0.130. The summed E-state index contributed by atoms with van der Waals surface area (Å²) >= 11 is 0. The summed E-state index contributed by atoms with van der Waals surface area (Å²) in [5.74, 6) is 2.32. The molecule has 104 valence electrons. The minimum atomic E-state index is -3.07. The van der Waals surface area contributed by atoms with Gasteiger partial charge < -0.3 is 5.32 Å². The van der Waals surface area contributed by atoms with Crippen LogP contribution in [0.5, 0.6) is 0 Å². The third-order valence-corrected chi connectivity index (χ3v) is 7.51. The quantitative estimate of drug-likeness (QED) is 0.832. The fourth-order valence-corrected chi connectivity index (χ4v) is 5.82. The smallest absolute Gasteiger partial charge is 0.218 e. The van der Waals surface area contributed by atoms with Gasteiger partial charge in [-0.3, -0.25) is 0 Å². The highest BCUT2D eigenvalue weighted by Gasteiger charge is 2.41. The van der Waals surface area contributed by atoms with Crippen LogP contribution in [-0.4, -0.2) is 44.7 Å². The molecule has 0 spiro atoms. The first-order valence-corrected chi connectivity index (χ1v) is 8.73. The van der Waals surface area contributed by atoms with E-state index in [1.807, 2.05) is 0 Å². The van der Waals surface area contributed by atoms with Gasteiger partial charge in [-0.2, -0.15) is 0 Å². The van der Waals surface area contributed by atoms with Gasteiger partial charge in [0.15, 0.2) is 0 Å². The molecule has 0 aromatic heterocycles. The van der Waals surface area contributed by atoms with Gasteiger partial charge in [-0.05, 0) is 50.0 Å². The van der Waals surface area contributed by atoms with E-state index >= 15 is 0 Å². The van der Waals surface area contributed by atoms with Gasteiger partial charge in [0.2, 0.25) is 10.0 Å². The first kappa shape index (κ1) is 12.9. The molecule has 2 bridgehead atoms. The van der Waals surface area contributed by atoms with Crippen molar-refractivity contribution >= 4 is 10.0 Å². The molecule has 5 heteroatoms. The van der Waals surface area contributed by atoms with E-state index in [1.54, 1.807) is 11.4 Å². The molecule has 2 saturated carbocycles. The van der Waals surface area contributed by atoms with Crippen molar-refractivity contribution < 1.29 is 8.42 Å². The largest absolute Gasteiger partial charge is 0.315 e. The molecule has 0 aromatic carbocycles. The molecule has 4 unspecified atom stereocenters. The van der Waals surface area contributed by atoms with Crippen LogP contribution in [0.25, 0.3) is 0 Å². The lowest BCUT2D eigenvalue weighted by Gasteiger charge is -2.28. The lowest BCUT2D eigenvalue weighted by molar-refractivity contribution is 0.279. The number of fused-ring (bicyclic) bond motifs is 2. The van der Waals surface area contributed by atoms with Gasteiger partial charge in [0, 0.05) is 20.1 Å². The van der Waals surface area contributed by atoms with Crippen LogP contribution in [0, 0.1) is 17.8 Å².